The Hall–Kier alpha value is -1.72. The molecule has 1 amide bonds. The minimum atomic E-state index is -0.0154. The molecule has 0 bridgehead atoms. The van der Waals surface area contributed by atoms with Gasteiger partial charge in [0.25, 0.3) is 5.91 Å². The summed E-state index contributed by atoms with van der Waals surface area (Å²) in [6.07, 6.45) is 3.82. The first-order chi connectivity index (χ1) is 9.83. The maximum atomic E-state index is 12.2. The number of rotatable bonds is 3. The molecule has 2 N–H and O–H groups in total. The van der Waals surface area contributed by atoms with Crippen LogP contribution in [0.4, 0.5) is 0 Å². The molecule has 104 valence electrons. The van der Waals surface area contributed by atoms with Crippen LogP contribution in [-0.4, -0.2) is 30.0 Å². The van der Waals surface area contributed by atoms with Gasteiger partial charge in [0.1, 0.15) is 9.88 Å². The van der Waals surface area contributed by atoms with Gasteiger partial charge in [0, 0.05) is 18.2 Å². The SMILES string of the molecule is O=C(N[C@H]1CCCNC1)c1cnc(-c2ccccc2)s1. The summed E-state index contributed by atoms with van der Waals surface area (Å²) in [5.74, 6) is -0.0154. The van der Waals surface area contributed by atoms with Crippen LogP contribution in [-0.2, 0) is 0 Å². The van der Waals surface area contributed by atoms with Crippen molar-refractivity contribution in [3.63, 3.8) is 0 Å². The van der Waals surface area contributed by atoms with Gasteiger partial charge in [-0.1, -0.05) is 30.3 Å². The highest BCUT2D eigenvalue weighted by atomic mass is 32.1. The number of amides is 1. The number of carbonyl (C=O) groups is 1. The van der Waals surface area contributed by atoms with E-state index in [2.05, 4.69) is 15.6 Å². The van der Waals surface area contributed by atoms with Gasteiger partial charge in [-0.15, -0.1) is 11.3 Å². The van der Waals surface area contributed by atoms with Gasteiger partial charge in [-0.3, -0.25) is 4.79 Å². The van der Waals surface area contributed by atoms with Crippen LogP contribution in [0.5, 0.6) is 0 Å². The van der Waals surface area contributed by atoms with E-state index < -0.39 is 0 Å². The van der Waals surface area contributed by atoms with E-state index in [1.807, 2.05) is 30.3 Å². The van der Waals surface area contributed by atoms with Crippen LogP contribution in [0.1, 0.15) is 22.5 Å². The number of hydrogen-bond acceptors (Lipinski definition) is 4. The molecule has 1 aromatic carbocycles. The van der Waals surface area contributed by atoms with Crippen molar-refractivity contribution in [2.75, 3.05) is 13.1 Å². The predicted octanol–water partition coefficient (Wildman–Crippen LogP) is 2.29. The number of nitrogens with zero attached hydrogens (tertiary/aromatic N) is 1. The first-order valence-electron chi connectivity index (χ1n) is 6.86. The van der Waals surface area contributed by atoms with Crippen molar-refractivity contribution in [2.24, 2.45) is 0 Å². The molecule has 5 heteroatoms. The summed E-state index contributed by atoms with van der Waals surface area (Å²) in [5.41, 5.74) is 1.05. The molecule has 0 saturated carbocycles. The lowest BCUT2D eigenvalue weighted by molar-refractivity contribution is 0.0934. The standard InChI is InChI=1S/C15H17N3OS/c19-14(18-12-7-4-8-16-9-12)13-10-17-15(20-13)11-5-2-1-3-6-11/h1-3,5-6,10,12,16H,4,7-9H2,(H,18,19)/t12-/m0/s1. The molecule has 0 spiro atoms. The zero-order chi connectivity index (χ0) is 13.8. The second-order valence-corrected chi connectivity index (χ2v) is 5.94. The summed E-state index contributed by atoms with van der Waals surface area (Å²) >= 11 is 1.44. The third-order valence-corrected chi connectivity index (χ3v) is 4.43. The maximum Gasteiger partial charge on any atom is 0.263 e. The van der Waals surface area contributed by atoms with E-state index in [0.717, 1.165) is 36.5 Å². The second kappa shape index (κ2) is 6.15. The fourth-order valence-corrected chi connectivity index (χ4v) is 3.15. The molecule has 1 aromatic heterocycles. The van der Waals surface area contributed by atoms with E-state index in [-0.39, 0.29) is 11.9 Å². The summed E-state index contributed by atoms with van der Waals surface area (Å²) in [5, 5.41) is 7.25. The molecule has 2 aromatic rings. The summed E-state index contributed by atoms with van der Waals surface area (Å²) < 4.78 is 0. The van der Waals surface area contributed by atoms with Gasteiger partial charge >= 0.3 is 0 Å². The third-order valence-electron chi connectivity index (χ3n) is 3.38. The summed E-state index contributed by atoms with van der Waals surface area (Å²) in [4.78, 5) is 17.2. The van der Waals surface area contributed by atoms with E-state index >= 15 is 0 Å². The highest BCUT2D eigenvalue weighted by Crippen LogP contribution is 2.24. The van der Waals surface area contributed by atoms with Crippen LogP contribution in [0.25, 0.3) is 10.6 Å². The molecule has 0 unspecified atom stereocenters. The Morgan fingerprint density at radius 2 is 2.20 bits per heavy atom. The van der Waals surface area contributed by atoms with Gasteiger partial charge in [-0.25, -0.2) is 4.98 Å². The van der Waals surface area contributed by atoms with Crippen molar-refractivity contribution in [3.05, 3.63) is 41.4 Å². The zero-order valence-corrected chi connectivity index (χ0v) is 12.0. The normalized spacial score (nSPS) is 18.7. The van der Waals surface area contributed by atoms with Crippen molar-refractivity contribution in [1.82, 2.24) is 15.6 Å². The van der Waals surface area contributed by atoms with Gasteiger partial charge < -0.3 is 10.6 Å². The van der Waals surface area contributed by atoms with E-state index in [4.69, 9.17) is 0 Å². The minimum Gasteiger partial charge on any atom is -0.347 e. The number of benzene rings is 1. The quantitative estimate of drug-likeness (QED) is 0.910. The molecule has 1 atom stereocenters. The highest BCUT2D eigenvalue weighted by Gasteiger charge is 2.18. The predicted molar refractivity (Wildman–Crippen MR) is 80.9 cm³/mol. The van der Waals surface area contributed by atoms with Crippen molar-refractivity contribution < 1.29 is 4.79 Å². The summed E-state index contributed by atoms with van der Waals surface area (Å²) in [6, 6.07) is 10.2. The number of aromatic nitrogens is 1. The topological polar surface area (TPSA) is 54.0 Å². The molecule has 2 heterocycles. The van der Waals surface area contributed by atoms with Crippen molar-refractivity contribution in [3.8, 4) is 10.6 Å². The van der Waals surface area contributed by atoms with Crippen molar-refractivity contribution >= 4 is 17.2 Å². The van der Waals surface area contributed by atoms with E-state index in [0.29, 0.717) is 4.88 Å². The van der Waals surface area contributed by atoms with Gasteiger partial charge in [0.15, 0.2) is 0 Å². The lowest BCUT2D eigenvalue weighted by atomic mass is 10.1. The first kappa shape index (κ1) is 13.3. The first-order valence-corrected chi connectivity index (χ1v) is 7.67. The average Bonchev–Trinajstić information content (AvgIpc) is 2.99. The molecular weight excluding hydrogens is 270 g/mol. The molecule has 0 aliphatic carbocycles. The third kappa shape index (κ3) is 3.05. The Kier molecular flexibility index (Phi) is 4.08. The number of thiazole rings is 1. The fraction of sp³-hybridized carbons (Fsp3) is 0.333. The highest BCUT2D eigenvalue weighted by molar-refractivity contribution is 7.16. The Bertz CT molecular complexity index is 576. The van der Waals surface area contributed by atoms with E-state index in [9.17, 15) is 4.79 Å². The number of hydrogen-bond donors (Lipinski definition) is 2. The number of piperidine rings is 1. The van der Waals surface area contributed by atoms with Crippen LogP contribution in [0, 0.1) is 0 Å². The van der Waals surface area contributed by atoms with Crippen molar-refractivity contribution in [2.45, 2.75) is 18.9 Å². The second-order valence-electron chi connectivity index (χ2n) is 4.91. The molecule has 3 rings (SSSR count). The van der Waals surface area contributed by atoms with Gasteiger partial charge in [-0.2, -0.15) is 0 Å². The van der Waals surface area contributed by atoms with Gasteiger partial charge in [-0.05, 0) is 19.4 Å². The monoisotopic (exact) mass is 287 g/mol. The molecule has 20 heavy (non-hydrogen) atoms. The number of nitrogens with one attached hydrogen (secondary N) is 2. The van der Waals surface area contributed by atoms with Crippen LogP contribution < -0.4 is 10.6 Å². The van der Waals surface area contributed by atoms with Crippen LogP contribution in [0.2, 0.25) is 0 Å². The Morgan fingerprint density at radius 3 is 2.95 bits per heavy atom. The fourth-order valence-electron chi connectivity index (χ4n) is 2.32. The average molecular weight is 287 g/mol. The summed E-state index contributed by atoms with van der Waals surface area (Å²) in [7, 11) is 0. The largest absolute Gasteiger partial charge is 0.347 e. The Morgan fingerprint density at radius 1 is 1.35 bits per heavy atom. The van der Waals surface area contributed by atoms with E-state index in [1.54, 1.807) is 6.20 Å². The maximum absolute atomic E-state index is 12.2. The molecule has 1 aliphatic rings. The molecular formula is C15H17N3OS. The van der Waals surface area contributed by atoms with Crippen LogP contribution >= 0.6 is 11.3 Å². The Balaban J connectivity index is 1.68. The van der Waals surface area contributed by atoms with Crippen molar-refractivity contribution in [1.29, 1.82) is 0 Å². The molecule has 1 fully saturated rings. The zero-order valence-electron chi connectivity index (χ0n) is 11.1. The van der Waals surface area contributed by atoms with Crippen LogP contribution in [0.15, 0.2) is 36.5 Å². The minimum absolute atomic E-state index is 0.0154. The van der Waals surface area contributed by atoms with Gasteiger partial charge in [0.2, 0.25) is 0 Å². The Labute approximate surface area is 122 Å². The number of carbonyl (C=O) groups excluding carboxylic acids is 1. The smallest absolute Gasteiger partial charge is 0.263 e. The lowest BCUT2D eigenvalue weighted by Crippen LogP contribution is -2.45. The van der Waals surface area contributed by atoms with Crippen LogP contribution in [0.3, 0.4) is 0 Å². The lowest BCUT2D eigenvalue weighted by Gasteiger charge is -2.23. The molecule has 0 radical (unpaired) electrons. The van der Waals surface area contributed by atoms with Gasteiger partial charge in [0.05, 0.1) is 6.20 Å². The molecule has 4 nitrogen and oxygen atoms in total. The molecule has 1 aliphatic heterocycles. The summed E-state index contributed by atoms with van der Waals surface area (Å²) in [6.45, 7) is 1.90. The molecule has 1 saturated heterocycles. The van der Waals surface area contributed by atoms with E-state index in [1.165, 1.54) is 11.3 Å².